The zero-order chi connectivity index (χ0) is 14.4. The monoisotopic (exact) mass is 271 g/mol. The fourth-order valence-corrected chi connectivity index (χ4v) is 2.34. The number of piperidine rings is 1. The van der Waals surface area contributed by atoms with Gasteiger partial charge in [-0.15, -0.1) is 0 Å². The molecule has 0 bridgehead atoms. The van der Waals surface area contributed by atoms with Gasteiger partial charge in [-0.1, -0.05) is 20.8 Å². The lowest BCUT2D eigenvalue weighted by Gasteiger charge is -2.32. The number of aliphatic carboxylic acids is 1. The molecule has 1 rings (SSSR count). The SMILES string of the molecule is CCN1CCCC(NC(=O)N[C@H](C(=O)O)C(C)C)C1. The number of likely N-dealkylation sites (N-methyl/N-ethyl adjacent to an activating group) is 1. The number of carboxylic acids is 1. The van der Waals surface area contributed by atoms with Gasteiger partial charge in [0.1, 0.15) is 6.04 Å². The molecule has 6 nitrogen and oxygen atoms in total. The number of nitrogens with one attached hydrogen (secondary N) is 2. The second kappa shape index (κ2) is 7.33. The maximum Gasteiger partial charge on any atom is 0.326 e. The Balaban J connectivity index is 2.43. The molecule has 110 valence electrons. The minimum Gasteiger partial charge on any atom is -0.480 e. The third-order valence-electron chi connectivity index (χ3n) is 3.51. The van der Waals surface area contributed by atoms with E-state index < -0.39 is 12.0 Å². The summed E-state index contributed by atoms with van der Waals surface area (Å²) in [6, 6.07) is -1.12. The number of carboxylic acid groups (broad SMARTS) is 1. The maximum absolute atomic E-state index is 11.8. The van der Waals surface area contributed by atoms with Gasteiger partial charge in [0.2, 0.25) is 0 Å². The van der Waals surface area contributed by atoms with Gasteiger partial charge in [-0.3, -0.25) is 0 Å². The quantitative estimate of drug-likeness (QED) is 0.693. The highest BCUT2D eigenvalue weighted by Crippen LogP contribution is 2.09. The van der Waals surface area contributed by atoms with Gasteiger partial charge in [0.05, 0.1) is 0 Å². The van der Waals surface area contributed by atoms with Crippen molar-refractivity contribution in [1.82, 2.24) is 15.5 Å². The van der Waals surface area contributed by atoms with Crippen molar-refractivity contribution in [2.75, 3.05) is 19.6 Å². The average molecular weight is 271 g/mol. The molecule has 0 aromatic carbocycles. The van der Waals surface area contributed by atoms with Crippen LogP contribution in [-0.2, 0) is 4.79 Å². The molecule has 6 heteroatoms. The van der Waals surface area contributed by atoms with E-state index in [1.54, 1.807) is 13.8 Å². The number of carbonyl (C=O) groups is 2. The lowest BCUT2D eigenvalue weighted by atomic mass is 10.0. The van der Waals surface area contributed by atoms with Crippen LogP contribution < -0.4 is 10.6 Å². The Morgan fingerprint density at radius 1 is 1.42 bits per heavy atom. The molecule has 2 atom stereocenters. The summed E-state index contributed by atoms with van der Waals surface area (Å²) in [5.41, 5.74) is 0. The summed E-state index contributed by atoms with van der Waals surface area (Å²) in [7, 11) is 0. The van der Waals surface area contributed by atoms with Crippen LogP contribution in [0.15, 0.2) is 0 Å². The first-order valence-electron chi connectivity index (χ1n) is 6.96. The zero-order valence-corrected chi connectivity index (χ0v) is 12.0. The Bertz CT molecular complexity index is 320. The van der Waals surface area contributed by atoms with Crippen molar-refractivity contribution in [3.8, 4) is 0 Å². The Morgan fingerprint density at radius 2 is 2.11 bits per heavy atom. The summed E-state index contributed by atoms with van der Waals surface area (Å²) >= 11 is 0. The van der Waals surface area contributed by atoms with Gasteiger partial charge in [0.15, 0.2) is 0 Å². The van der Waals surface area contributed by atoms with Gasteiger partial charge in [0, 0.05) is 12.6 Å². The highest BCUT2D eigenvalue weighted by Gasteiger charge is 2.25. The summed E-state index contributed by atoms with van der Waals surface area (Å²) in [5, 5.41) is 14.4. The van der Waals surface area contributed by atoms with Crippen LogP contribution >= 0.6 is 0 Å². The Kier molecular flexibility index (Phi) is 6.08. The van der Waals surface area contributed by atoms with E-state index in [2.05, 4.69) is 22.5 Å². The van der Waals surface area contributed by atoms with Crippen molar-refractivity contribution in [2.45, 2.75) is 45.7 Å². The zero-order valence-electron chi connectivity index (χ0n) is 12.0. The number of rotatable bonds is 5. The van der Waals surface area contributed by atoms with Crippen molar-refractivity contribution in [1.29, 1.82) is 0 Å². The van der Waals surface area contributed by atoms with Crippen LogP contribution in [0.25, 0.3) is 0 Å². The molecule has 0 radical (unpaired) electrons. The maximum atomic E-state index is 11.8. The largest absolute Gasteiger partial charge is 0.480 e. The third kappa shape index (κ3) is 5.06. The fourth-order valence-electron chi connectivity index (χ4n) is 2.34. The first-order chi connectivity index (χ1) is 8.93. The second-order valence-corrected chi connectivity index (χ2v) is 5.41. The highest BCUT2D eigenvalue weighted by atomic mass is 16.4. The van der Waals surface area contributed by atoms with Crippen molar-refractivity contribution in [3.63, 3.8) is 0 Å². The summed E-state index contributed by atoms with van der Waals surface area (Å²) in [6.07, 6.45) is 2.01. The minimum absolute atomic E-state index is 0.107. The molecule has 2 amide bonds. The highest BCUT2D eigenvalue weighted by molar-refractivity contribution is 5.82. The molecule has 0 saturated carbocycles. The molecule has 1 fully saturated rings. The smallest absolute Gasteiger partial charge is 0.326 e. The number of hydrogen-bond donors (Lipinski definition) is 3. The predicted molar refractivity (Wildman–Crippen MR) is 73.1 cm³/mol. The van der Waals surface area contributed by atoms with E-state index in [1.165, 1.54) is 0 Å². The number of carbonyl (C=O) groups excluding carboxylic acids is 1. The number of amides is 2. The molecule has 0 aromatic heterocycles. The number of nitrogens with zero attached hydrogens (tertiary/aromatic N) is 1. The van der Waals surface area contributed by atoms with Crippen LogP contribution in [0.3, 0.4) is 0 Å². The molecule has 0 aliphatic carbocycles. The molecular formula is C13H25N3O3. The van der Waals surface area contributed by atoms with Gasteiger partial charge >= 0.3 is 12.0 Å². The van der Waals surface area contributed by atoms with E-state index in [-0.39, 0.29) is 18.0 Å². The molecule has 19 heavy (non-hydrogen) atoms. The van der Waals surface area contributed by atoms with Crippen LogP contribution in [0, 0.1) is 5.92 Å². The first-order valence-corrected chi connectivity index (χ1v) is 6.96. The Morgan fingerprint density at radius 3 is 2.63 bits per heavy atom. The summed E-state index contributed by atoms with van der Waals surface area (Å²) in [4.78, 5) is 25.1. The van der Waals surface area contributed by atoms with Gasteiger partial charge in [-0.25, -0.2) is 9.59 Å². The number of urea groups is 1. The van der Waals surface area contributed by atoms with E-state index in [0.29, 0.717) is 0 Å². The summed E-state index contributed by atoms with van der Waals surface area (Å²) < 4.78 is 0. The molecule has 1 unspecified atom stereocenters. The topological polar surface area (TPSA) is 81.7 Å². The fraction of sp³-hybridized carbons (Fsp3) is 0.846. The lowest BCUT2D eigenvalue weighted by molar-refractivity contribution is -0.140. The molecular weight excluding hydrogens is 246 g/mol. The van der Waals surface area contributed by atoms with Gasteiger partial charge in [-0.2, -0.15) is 0 Å². The van der Waals surface area contributed by atoms with E-state index >= 15 is 0 Å². The van der Waals surface area contributed by atoms with Gasteiger partial charge in [-0.05, 0) is 31.8 Å². The Labute approximate surface area is 114 Å². The van der Waals surface area contributed by atoms with Crippen molar-refractivity contribution in [2.24, 2.45) is 5.92 Å². The second-order valence-electron chi connectivity index (χ2n) is 5.41. The van der Waals surface area contributed by atoms with Crippen LogP contribution in [0.1, 0.15) is 33.6 Å². The van der Waals surface area contributed by atoms with Crippen LogP contribution in [0.2, 0.25) is 0 Å². The third-order valence-corrected chi connectivity index (χ3v) is 3.51. The Hall–Kier alpha value is -1.30. The van der Waals surface area contributed by atoms with Crippen LogP contribution in [-0.4, -0.2) is 53.7 Å². The average Bonchev–Trinajstić information content (AvgIpc) is 2.35. The molecule has 3 N–H and O–H groups in total. The molecule has 1 aliphatic heterocycles. The number of likely N-dealkylation sites (tertiary alicyclic amines) is 1. The van der Waals surface area contributed by atoms with E-state index in [0.717, 1.165) is 32.5 Å². The van der Waals surface area contributed by atoms with Crippen molar-refractivity contribution in [3.05, 3.63) is 0 Å². The molecule has 0 spiro atoms. The number of hydrogen-bond acceptors (Lipinski definition) is 3. The van der Waals surface area contributed by atoms with Crippen molar-refractivity contribution >= 4 is 12.0 Å². The lowest BCUT2D eigenvalue weighted by Crippen LogP contribution is -2.54. The van der Waals surface area contributed by atoms with E-state index in [4.69, 9.17) is 5.11 Å². The standard InChI is InChI=1S/C13H25N3O3/c1-4-16-7-5-6-10(8-16)14-13(19)15-11(9(2)3)12(17)18/h9-11H,4-8H2,1-3H3,(H,17,18)(H2,14,15,19)/t10?,11-/m0/s1. The van der Waals surface area contributed by atoms with Crippen LogP contribution in [0.5, 0.6) is 0 Å². The van der Waals surface area contributed by atoms with E-state index in [9.17, 15) is 9.59 Å². The molecule has 1 heterocycles. The predicted octanol–water partition coefficient (Wildman–Crippen LogP) is 0.879. The molecule has 1 saturated heterocycles. The van der Waals surface area contributed by atoms with Crippen LogP contribution in [0.4, 0.5) is 4.79 Å². The minimum atomic E-state index is -0.996. The summed E-state index contributed by atoms with van der Waals surface area (Å²) in [6.45, 7) is 8.53. The van der Waals surface area contributed by atoms with Crippen molar-refractivity contribution < 1.29 is 14.7 Å². The summed E-state index contributed by atoms with van der Waals surface area (Å²) in [5.74, 6) is -1.13. The molecule has 0 aromatic rings. The first kappa shape index (κ1) is 15.8. The van der Waals surface area contributed by atoms with Gasteiger partial charge < -0.3 is 20.6 Å². The normalized spacial score (nSPS) is 22.0. The van der Waals surface area contributed by atoms with Gasteiger partial charge in [0.25, 0.3) is 0 Å². The van der Waals surface area contributed by atoms with E-state index in [1.807, 2.05) is 0 Å². The molecule has 1 aliphatic rings.